The lowest BCUT2D eigenvalue weighted by Crippen LogP contribution is -2.39. The number of hydrogen-bond acceptors (Lipinski definition) is 4. The lowest BCUT2D eigenvalue weighted by Gasteiger charge is -2.21. The fraction of sp³-hybridized carbons (Fsp3) is 0.300. The SMILES string of the molecule is CCOC(=O)CN(CC(=O)NCc1cccc(Cl)c1)Cc1ccc(F)cc1. The third-order valence-electron chi connectivity index (χ3n) is 3.72. The molecule has 0 unspecified atom stereocenters. The molecular formula is C20H22ClFN2O3. The molecule has 0 atom stereocenters. The molecule has 0 aliphatic rings. The number of nitrogens with one attached hydrogen (secondary N) is 1. The minimum atomic E-state index is -0.415. The van der Waals surface area contributed by atoms with Gasteiger partial charge in [0.15, 0.2) is 0 Å². The van der Waals surface area contributed by atoms with E-state index in [0.717, 1.165) is 11.1 Å². The standard InChI is InChI=1S/C20H22ClFN2O3/c1-2-27-20(26)14-24(12-15-6-8-18(22)9-7-15)13-19(25)23-11-16-4-3-5-17(21)10-16/h3-10H,2,11-14H2,1H3,(H,23,25). The quantitative estimate of drug-likeness (QED) is 0.666. The van der Waals surface area contributed by atoms with Gasteiger partial charge in [0.2, 0.25) is 5.91 Å². The van der Waals surface area contributed by atoms with E-state index in [1.165, 1.54) is 12.1 Å². The molecule has 2 rings (SSSR count). The predicted molar refractivity (Wildman–Crippen MR) is 102 cm³/mol. The van der Waals surface area contributed by atoms with Crippen LogP contribution in [0.4, 0.5) is 4.39 Å². The fourth-order valence-electron chi connectivity index (χ4n) is 2.51. The first-order valence-corrected chi connectivity index (χ1v) is 8.97. The van der Waals surface area contributed by atoms with Gasteiger partial charge in [-0.15, -0.1) is 0 Å². The first-order valence-electron chi connectivity index (χ1n) is 8.60. The number of nitrogens with zero attached hydrogens (tertiary/aromatic N) is 1. The van der Waals surface area contributed by atoms with Gasteiger partial charge in [0, 0.05) is 18.1 Å². The first kappa shape index (κ1) is 20.9. The van der Waals surface area contributed by atoms with Crippen LogP contribution in [0, 0.1) is 5.82 Å². The topological polar surface area (TPSA) is 58.6 Å². The van der Waals surface area contributed by atoms with Crippen LogP contribution in [0.25, 0.3) is 0 Å². The van der Waals surface area contributed by atoms with Crippen LogP contribution >= 0.6 is 11.6 Å². The van der Waals surface area contributed by atoms with Gasteiger partial charge in [0.05, 0.1) is 19.7 Å². The maximum absolute atomic E-state index is 13.1. The lowest BCUT2D eigenvalue weighted by atomic mass is 10.2. The summed E-state index contributed by atoms with van der Waals surface area (Å²) in [5.41, 5.74) is 1.68. The first-order chi connectivity index (χ1) is 13.0. The predicted octanol–water partition coefficient (Wildman–Crippen LogP) is 3.16. The average Bonchev–Trinajstić information content (AvgIpc) is 2.62. The van der Waals surface area contributed by atoms with Crippen LogP contribution < -0.4 is 5.32 Å². The number of halogens is 2. The Labute approximate surface area is 163 Å². The Balaban J connectivity index is 1.95. The molecule has 0 spiro atoms. The number of carbonyl (C=O) groups excluding carboxylic acids is 2. The molecule has 1 N–H and O–H groups in total. The van der Waals surface area contributed by atoms with Gasteiger partial charge in [-0.3, -0.25) is 14.5 Å². The van der Waals surface area contributed by atoms with Gasteiger partial charge in [-0.05, 0) is 42.3 Å². The van der Waals surface area contributed by atoms with Crippen molar-refractivity contribution in [3.05, 3.63) is 70.5 Å². The van der Waals surface area contributed by atoms with Gasteiger partial charge in [0.25, 0.3) is 0 Å². The number of carbonyl (C=O) groups is 2. The molecule has 0 fully saturated rings. The van der Waals surface area contributed by atoms with Gasteiger partial charge < -0.3 is 10.1 Å². The Morgan fingerprint density at radius 1 is 1.11 bits per heavy atom. The maximum atomic E-state index is 13.1. The number of benzene rings is 2. The second-order valence-electron chi connectivity index (χ2n) is 5.98. The average molecular weight is 393 g/mol. The summed E-state index contributed by atoms with van der Waals surface area (Å²) in [5, 5.41) is 3.40. The van der Waals surface area contributed by atoms with Crippen molar-refractivity contribution in [1.82, 2.24) is 10.2 Å². The molecule has 0 bridgehead atoms. The van der Waals surface area contributed by atoms with E-state index in [9.17, 15) is 14.0 Å². The highest BCUT2D eigenvalue weighted by atomic mass is 35.5. The van der Waals surface area contributed by atoms with E-state index in [1.807, 2.05) is 12.1 Å². The summed E-state index contributed by atoms with van der Waals surface area (Å²) >= 11 is 5.93. The largest absolute Gasteiger partial charge is 0.465 e. The second kappa shape index (κ2) is 10.6. The van der Waals surface area contributed by atoms with E-state index in [4.69, 9.17) is 16.3 Å². The molecule has 0 saturated carbocycles. The highest BCUT2D eigenvalue weighted by molar-refractivity contribution is 6.30. The lowest BCUT2D eigenvalue weighted by molar-refractivity contribution is -0.144. The highest BCUT2D eigenvalue weighted by Crippen LogP contribution is 2.10. The number of hydrogen-bond donors (Lipinski definition) is 1. The van der Waals surface area contributed by atoms with Gasteiger partial charge in [-0.2, -0.15) is 0 Å². The summed E-state index contributed by atoms with van der Waals surface area (Å²) in [6.07, 6.45) is 0. The molecule has 0 aliphatic heterocycles. The molecule has 144 valence electrons. The minimum Gasteiger partial charge on any atom is -0.465 e. The molecule has 2 aromatic carbocycles. The van der Waals surface area contributed by atoms with Crippen LogP contribution in [0.15, 0.2) is 48.5 Å². The molecule has 0 radical (unpaired) electrons. The van der Waals surface area contributed by atoms with Crippen LogP contribution in [0.5, 0.6) is 0 Å². The van der Waals surface area contributed by atoms with Crippen molar-refractivity contribution in [3.8, 4) is 0 Å². The van der Waals surface area contributed by atoms with Crippen molar-refractivity contribution in [2.75, 3.05) is 19.7 Å². The molecule has 5 nitrogen and oxygen atoms in total. The second-order valence-corrected chi connectivity index (χ2v) is 6.42. The van der Waals surface area contributed by atoms with E-state index in [-0.39, 0.29) is 31.4 Å². The van der Waals surface area contributed by atoms with Crippen LogP contribution in [0.3, 0.4) is 0 Å². The summed E-state index contributed by atoms with van der Waals surface area (Å²) < 4.78 is 18.0. The molecule has 1 amide bonds. The molecule has 2 aromatic rings. The summed E-state index contributed by atoms with van der Waals surface area (Å²) in [4.78, 5) is 25.8. The van der Waals surface area contributed by atoms with E-state index >= 15 is 0 Å². The van der Waals surface area contributed by atoms with Crippen molar-refractivity contribution in [2.24, 2.45) is 0 Å². The van der Waals surface area contributed by atoms with Gasteiger partial charge in [-0.1, -0.05) is 35.9 Å². The van der Waals surface area contributed by atoms with Crippen molar-refractivity contribution in [2.45, 2.75) is 20.0 Å². The monoisotopic (exact) mass is 392 g/mol. The molecule has 7 heteroatoms. The van der Waals surface area contributed by atoms with Crippen molar-refractivity contribution in [1.29, 1.82) is 0 Å². The minimum absolute atomic E-state index is 0.0107. The van der Waals surface area contributed by atoms with E-state index in [2.05, 4.69) is 5.32 Å². The maximum Gasteiger partial charge on any atom is 0.320 e. The molecule has 0 saturated heterocycles. The van der Waals surface area contributed by atoms with E-state index in [0.29, 0.717) is 18.1 Å². The smallest absolute Gasteiger partial charge is 0.320 e. The Morgan fingerprint density at radius 2 is 1.85 bits per heavy atom. The number of ether oxygens (including phenoxy) is 1. The third kappa shape index (κ3) is 7.76. The normalized spacial score (nSPS) is 10.7. The van der Waals surface area contributed by atoms with Gasteiger partial charge >= 0.3 is 5.97 Å². The number of amides is 1. The zero-order chi connectivity index (χ0) is 19.6. The fourth-order valence-corrected chi connectivity index (χ4v) is 2.72. The van der Waals surface area contributed by atoms with Crippen molar-refractivity contribution >= 4 is 23.5 Å². The molecule has 0 aliphatic carbocycles. The van der Waals surface area contributed by atoms with E-state index in [1.54, 1.807) is 36.1 Å². The Kier molecular flexibility index (Phi) is 8.23. The summed E-state index contributed by atoms with van der Waals surface area (Å²) in [6.45, 7) is 2.63. The van der Waals surface area contributed by atoms with Gasteiger partial charge in [0.1, 0.15) is 5.82 Å². The molecular weight excluding hydrogens is 371 g/mol. The molecule has 0 aromatic heterocycles. The third-order valence-corrected chi connectivity index (χ3v) is 3.96. The number of rotatable bonds is 9. The van der Waals surface area contributed by atoms with Crippen LogP contribution in [0.1, 0.15) is 18.1 Å². The van der Waals surface area contributed by atoms with Crippen LogP contribution in [-0.4, -0.2) is 36.5 Å². The highest BCUT2D eigenvalue weighted by Gasteiger charge is 2.16. The zero-order valence-corrected chi connectivity index (χ0v) is 15.8. The summed E-state index contributed by atoms with van der Waals surface area (Å²) in [7, 11) is 0. The Morgan fingerprint density at radius 3 is 2.52 bits per heavy atom. The summed E-state index contributed by atoms with van der Waals surface area (Å²) in [5.74, 6) is -0.987. The molecule has 0 heterocycles. The summed E-state index contributed by atoms with van der Waals surface area (Å²) in [6, 6.07) is 13.1. The van der Waals surface area contributed by atoms with Crippen LogP contribution in [-0.2, 0) is 27.4 Å². The zero-order valence-electron chi connectivity index (χ0n) is 15.1. The van der Waals surface area contributed by atoms with Crippen molar-refractivity contribution < 1.29 is 18.7 Å². The van der Waals surface area contributed by atoms with Crippen molar-refractivity contribution in [3.63, 3.8) is 0 Å². The van der Waals surface area contributed by atoms with Gasteiger partial charge in [-0.25, -0.2) is 4.39 Å². The van der Waals surface area contributed by atoms with Crippen LogP contribution in [0.2, 0.25) is 5.02 Å². The Bertz CT molecular complexity index is 768. The Hall–Kier alpha value is -2.44. The molecule has 27 heavy (non-hydrogen) atoms. The van der Waals surface area contributed by atoms with E-state index < -0.39 is 5.97 Å². The number of esters is 1.